The van der Waals surface area contributed by atoms with Crippen LogP contribution in [-0.4, -0.2) is 148 Å². The van der Waals surface area contributed by atoms with Crippen LogP contribution in [0, 0.1) is 23.7 Å². The van der Waals surface area contributed by atoms with Gasteiger partial charge >= 0.3 is 11.9 Å². The van der Waals surface area contributed by atoms with Crippen molar-refractivity contribution < 1.29 is 72.5 Å². The molecule has 0 saturated heterocycles. The Kier molecular flexibility index (Phi) is 28.3. The SMILES string of the molecule is CC[C@H](C)[C@H](NC(=O)[C@H](CC(=O)O)NC(=O)[C@H](CC(C)C)NC(=O)[C@@H](NC(=O)[C@H](CC(N)=O)NC(=O)CN)[C@@H](C)CC)C(=O)N[C@@H](C)C(=O)N[C@@H](C)C(=O)N[C@@H](CCC(N)=O)C(=O)N[C@H](C(=O)O)C(C)C. The highest BCUT2D eigenvalue weighted by atomic mass is 16.4. The average Bonchev–Trinajstić information content (AvgIpc) is 3.27. The zero-order valence-electron chi connectivity index (χ0n) is 42.1. The van der Waals surface area contributed by atoms with E-state index in [9.17, 15) is 72.5 Å². The van der Waals surface area contributed by atoms with Crippen LogP contribution in [0.15, 0.2) is 0 Å². The van der Waals surface area contributed by atoms with Crippen LogP contribution in [0.5, 0.6) is 0 Å². The van der Waals surface area contributed by atoms with Crippen LogP contribution < -0.4 is 65.1 Å². The van der Waals surface area contributed by atoms with Gasteiger partial charge in [-0.2, -0.15) is 0 Å². The molecule has 0 heterocycles. The van der Waals surface area contributed by atoms with E-state index in [1.54, 1.807) is 55.4 Å². The molecular formula is C44H76N12O15. The van der Waals surface area contributed by atoms with Crippen LogP contribution in [0.25, 0.3) is 0 Å². The van der Waals surface area contributed by atoms with E-state index in [2.05, 4.69) is 47.9 Å². The lowest BCUT2D eigenvalue weighted by Gasteiger charge is -2.30. The summed E-state index contributed by atoms with van der Waals surface area (Å²) in [6.07, 6.45) is -1.75. The van der Waals surface area contributed by atoms with E-state index < -0.39 is 168 Å². The maximum atomic E-state index is 13.9. The Hall–Kier alpha value is -6.93. The fraction of sp³-hybridized carbons (Fsp3) is 0.705. The summed E-state index contributed by atoms with van der Waals surface area (Å²) < 4.78 is 0. The third-order valence-electron chi connectivity index (χ3n) is 11.2. The minimum absolute atomic E-state index is 0.0497. The lowest BCUT2D eigenvalue weighted by Crippen LogP contribution is -2.61. The molecule has 0 aliphatic rings. The van der Waals surface area contributed by atoms with E-state index in [0.717, 1.165) is 0 Å². The Morgan fingerprint density at radius 1 is 0.451 bits per heavy atom. The smallest absolute Gasteiger partial charge is 0.326 e. The first-order valence-electron chi connectivity index (χ1n) is 23.3. The maximum absolute atomic E-state index is 13.9. The highest BCUT2D eigenvalue weighted by Crippen LogP contribution is 2.14. The molecule has 0 rings (SSSR count). The van der Waals surface area contributed by atoms with Gasteiger partial charge in [0.1, 0.15) is 54.4 Å². The van der Waals surface area contributed by atoms with Crippen LogP contribution in [-0.2, 0) is 62.3 Å². The van der Waals surface area contributed by atoms with Gasteiger partial charge in [-0.25, -0.2) is 4.79 Å². The largest absolute Gasteiger partial charge is 0.481 e. The number of nitrogens with two attached hydrogens (primary N) is 3. The van der Waals surface area contributed by atoms with Crippen molar-refractivity contribution in [2.24, 2.45) is 40.9 Å². The topological polar surface area (TPSA) is 449 Å². The molecule has 0 fully saturated rings. The fourth-order valence-electron chi connectivity index (χ4n) is 6.59. The summed E-state index contributed by atoms with van der Waals surface area (Å²) in [5.41, 5.74) is 15.8. The second kappa shape index (κ2) is 31.3. The molecule has 402 valence electrons. The minimum atomic E-state index is -1.83. The molecule has 0 spiro atoms. The number of carbonyl (C=O) groups is 13. The van der Waals surface area contributed by atoms with Crippen molar-refractivity contribution in [3.05, 3.63) is 0 Å². The number of carboxylic acids is 2. The van der Waals surface area contributed by atoms with Crippen molar-refractivity contribution in [1.29, 1.82) is 0 Å². The van der Waals surface area contributed by atoms with Crippen molar-refractivity contribution in [3.63, 3.8) is 0 Å². The predicted molar refractivity (Wildman–Crippen MR) is 253 cm³/mol. The number of carbonyl (C=O) groups excluding carboxylic acids is 11. The van der Waals surface area contributed by atoms with Crippen molar-refractivity contribution in [1.82, 2.24) is 47.9 Å². The third kappa shape index (κ3) is 23.5. The van der Waals surface area contributed by atoms with Crippen molar-refractivity contribution in [2.45, 2.75) is 169 Å². The quantitative estimate of drug-likeness (QED) is 0.0297. The maximum Gasteiger partial charge on any atom is 0.326 e. The van der Waals surface area contributed by atoms with Crippen molar-refractivity contribution in [2.75, 3.05) is 6.54 Å². The third-order valence-corrected chi connectivity index (χ3v) is 11.2. The van der Waals surface area contributed by atoms with Gasteiger partial charge < -0.3 is 75.3 Å². The molecule has 0 bridgehead atoms. The molecule has 0 aromatic rings. The summed E-state index contributed by atoms with van der Waals surface area (Å²) >= 11 is 0. The second-order valence-corrected chi connectivity index (χ2v) is 18.2. The molecule has 11 amide bonds. The minimum Gasteiger partial charge on any atom is -0.481 e. The number of hydrogen-bond acceptors (Lipinski definition) is 14. The second-order valence-electron chi connectivity index (χ2n) is 18.2. The Balaban J connectivity index is 6.32. The standard InChI is InChI=1S/C44H76N12O15/c1-11-21(7)34(42(68)49-23(9)36(62)48-24(10)37(63)51-25(13-14-29(46)57)38(64)54-33(20(5)6)44(70)71)55-41(67)28(17-32(60)61)52-39(65)26(15-19(3)4)53-43(69)35(22(8)12-2)56-40(66)27(16-30(47)58)50-31(59)18-45/h19-28,33-35H,11-18,45H2,1-10H3,(H2,46,57)(H2,47,58)(H,48,62)(H,49,68)(H,50,59)(H,51,63)(H,52,65)(H,53,69)(H,54,64)(H,55,67)(H,56,66)(H,60,61)(H,70,71)/t21-,22-,23-,24-,25-,26-,27-,28-,33-,34-,35-/m0/s1. The van der Waals surface area contributed by atoms with Gasteiger partial charge in [-0.1, -0.05) is 68.2 Å². The van der Waals surface area contributed by atoms with Crippen LogP contribution >= 0.6 is 0 Å². The van der Waals surface area contributed by atoms with Crippen LogP contribution in [0.2, 0.25) is 0 Å². The van der Waals surface area contributed by atoms with Crippen molar-refractivity contribution in [3.8, 4) is 0 Å². The molecule has 27 nitrogen and oxygen atoms in total. The molecule has 71 heavy (non-hydrogen) atoms. The Morgan fingerprint density at radius 2 is 0.845 bits per heavy atom. The summed E-state index contributed by atoms with van der Waals surface area (Å²) in [7, 11) is 0. The molecule has 0 saturated carbocycles. The number of carboxylic acid groups (broad SMARTS) is 2. The predicted octanol–water partition coefficient (Wildman–Crippen LogP) is -4.16. The molecule has 0 radical (unpaired) electrons. The van der Waals surface area contributed by atoms with Crippen LogP contribution in [0.4, 0.5) is 0 Å². The van der Waals surface area contributed by atoms with Crippen LogP contribution in [0.1, 0.15) is 114 Å². The Bertz CT molecular complexity index is 1930. The number of nitrogens with one attached hydrogen (secondary N) is 9. The summed E-state index contributed by atoms with van der Waals surface area (Å²) in [6, 6.07) is -13.0. The lowest BCUT2D eigenvalue weighted by molar-refractivity contribution is -0.143. The molecule has 0 aliphatic heterocycles. The number of aliphatic carboxylic acids is 2. The van der Waals surface area contributed by atoms with Crippen molar-refractivity contribution >= 4 is 76.9 Å². The lowest BCUT2D eigenvalue weighted by atomic mass is 9.96. The molecule has 0 unspecified atom stereocenters. The van der Waals surface area contributed by atoms with E-state index in [4.69, 9.17) is 17.2 Å². The van der Waals surface area contributed by atoms with E-state index in [1.807, 2.05) is 0 Å². The van der Waals surface area contributed by atoms with Gasteiger partial charge in [-0.05, 0) is 50.4 Å². The van der Waals surface area contributed by atoms with Gasteiger partial charge in [0, 0.05) is 6.42 Å². The average molecular weight is 1010 g/mol. The molecule has 0 aliphatic carbocycles. The summed E-state index contributed by atoms with van der Waals surface area (Å²) in [5.74, 6) is -15.1. The van der Waals surface area contributed by atoms with Gasteiger partial charge in [0.05, 0.1) is 19.4 Å². The van der Waals surface area contributed by atoms with Crippen LogP contribution in [0.3, 0.4) is 0 Å². The summed E-state index contributed by atoms with van der Waals surface area (Å²) in [6.45, 7) is 15.0. The first kappa shape index (κ1) is 64.1. The van der Waals surface area contributed by atoms with Gasteiger partial charge in [-0.15, -0.1) is 0 Å². The number of hydrogen-bond donors (Lipinski definition) is 14. The molecule has 27 heteroatoms. The highest BCUT2D eigenvalue weighted by Gasteiger charge is 2.37. The fourth-order valence-corrected chi connectivity index (χ4v) is 6.59. The monoisotopic (exact) mass is 1010 g/mol. The van der Waals surface area contributed by atoms with E-state index in [1.165, 1.54) is 13.8 Å². The molecule has 0 aromatic heterocycles. The van der Waals surface area contributed by atoms with Gasteiger partial charge in [0.15, 0.2) is 0 Å². The Labute approximate surface area is 412 Å². The normalized spacial score (nSPS) is 15.7. The first-order chi connectivity index (χ1) is 32.9. The Morgan fingerprint density at radius 3 is 1.25 bits per heavy atom. The zero-order chi connectivity index (χ0) is 55.0. The van der Waals surface area contributed by atoms with E-state index in [0.29, 0.717) is 6.42 Å². The van der Waals surface area contributed by atoms with Gasteiger partial charge in [0.2, 0.25) is 65.0 Å². The molecule has 11 atom stereocenters. The molecule has 0 aromatic carbocycles. The first-order valence-corrected chi connectivity index (χ1v) is 23.3. The van der Waals surface area contributed by atoms with Gasteiger partial charge in [-0.3, -0.25) is 57.5 Å². The molecular weight excluding hydrogens is 937 g/mol. The van der Waals surface area contributed by atoms with Gasteiger partial charge in [0.25, 0.3) is 0 Å². The summed E-state index contributed by atoms with van der Waals surface area (Å²) in [5, 5.41) is 40.8. The summed E-state index contributed by atoms with van der Waals surface area (Å²) in [4.78, 5) is 167. The van der Waals surface area contributed by atoms with E-state index in [-0.39, 0.29) is 31.6 Å². The highest BCUT2D eigenvalue weighted by molar-refractivity contribution is 5.99. The molecule has 17 N–H and O–H groups in total. The zero-order valence-corrected chi connectivity index (χ0v) is 42.1. The van der Waals surface area contributed by atoms with E-state index >= 15 is 0 Å². The number of amides is 11. The number of primary amides is 2. The number of rotatable bonds is 33.